The van der Waals surface area contributed by atoms with Gasteiger partial charge in [0.15, 0.2) is 0 Å². The highest BCUT2D eigenvalue weighted by atomic mass is 35.5. The van der Waals surface area contributed by atoms with Gasteiger partial charge >= 0.3 is 0 Å². The van der Waals surface area contributed by atoms with E-state index in [0.29, 0.717) is 23.6 Å². The molecule has 2 atom stereocenters. The lowest BCUT2D eigenvalue weighted by atomic mass is 9.94. The number of aryl methyl sites for hydroxylation is 1. The fourth-order valence-electron chi connectivity index (χ4n) is 3.86. The number of hydrogen-bond acceptors (Lipinski definition) is 3. The summed E-state index contributed by atoms with van der Waals surface area (Å²) in [7, 11) is 0. The first-order valence-corrected chi connectivity index (χ1v) is 11.7. The lowest BCUT2D eigenvalue weighted by molar-refractivity contribution is -0.00417. The number of aliphatic hydroxyl groups excluding tert-OH is 1. The van der Waals surface area contributed by atoms with Crippen LogP contribution in [-0.2, 0) is 11.2 Å². The second-order valence-corrected chi connectivity index (χ2v) is 9.68. The summed E-state index contributed by atoms with van der Waals surface area (Å²) in [5.41, 5.74) is 4.84. The van der Waals surface area contributed by atoms with Crippen molar-refractivity contribution < 1.29 is 14.2 Å². The first kappa shape index (κ1) is 25.4. The van der Waals surface area contributed by atoms with Crippen molar-refractivity contribution in [1.82, 2.24) is 5.32 Å². The van der Waals surface area contributed by atoms with Crippen LogP contribution in [-0.4, -0.2) is 29.9 Å². The molecule has 0 fully saturated rings. The van der Waals surface area contributed by atoms with Crippen molar-refractivity contribution in [3.05, 3.63) is 94.3 Å². The quantitative estimate of drug-likeness (QED) is 0.356. The maximum absolute atomic E-state index is 14.1. The van der Waals surface area contributed by atoms with Crippen LogP contribution in [0.1, 0.15) is 43.6 Å². The highest BCUT2D eigenvalue weighted by molar-refractivity contribution is 6.30. The molecule has 1 unspecified atom stereocenters. The molecule has 2 N–H and O–H groups in total. The van der Waals surface area contributed by atoms with Crippen LogP contribution in [0.4, 0.5) is 4.39 Å². The molecule has 0 amide bonds. The Morgan fingerprint density at radius 1 is 1.06 bits per heavy atom. The molecule has 0 spiro atoms. The Morgan fingerprint density at radius 2 is 1.82 bits per heavy atom. The molecule has 0 saturated heterocycles. The molecule has 0 aliphatic heterocycles. The topological polar surface area (TPSA) is 41.5 Å². The van der Waals surface area contributed by atoms with E-state index in [1.165, 1.54) is 17.2 Å². The molecule has 0 aliphatic carbocycles. The number of hydrogen-bond donors (Lipinski definition) is 2. The zero-order chi connectivity index (χ0) is 24.0. The smallest absolute Gasteiger partial charge is 0.127 e. The molecule has 176 valence electrons. The van der Waals surface area contributed by atoms with Gasteiger partial charge in [-0.1, -0.05) is 60.1 Å². The molecule has 3 aromatic rings. The fourth-order valence-corrected chi connectivity index (χ4v) is 4.02. The van der Waals surface area contributed by atoms with Gasteiger partial charge in [-0.3, -0.25) is 0 Å². The van der Waals surface area contributed by atoms with E-state index in [0.717, 1.165) is 11.1 Å². The van der Waals surface area contributed by atoms with Gasteiger partial charge in [-0.05, 0) is 80.1 Å². The van der Waals surface area contributed by atoms with Gasteiger partial charge in [-0.2, -0.15) is 0 Å². The third kappa shape index (κ3) is 7.38. The van der Waals surface area contributed by atoms with E-state index >= 15 is 0 Å². The first-order chi connectivity index (χ1) is 15.6. The average Bonchev–Trinajstić information content (AvgIpc) is 2.78. The summed E-state index contributed by atoms with van der Waals surface area (Å²) in [4.78, 5) is 0. The van der Waals surface area contributed by atoms with E-state index in [1.807, 2.05) is 45.0 Å². The molecule has 0 aromatic heterocycles. The van der Waals surface area contributed by atoms with Crippen molar-refractivity contribution in [3.8, 4) is 11.1 Å². The zero-order valence-electron chi connectivity index (χ0n) is 19.7. The van der Waals surface area contributed by atoms with E-state index in [9.17, 15) is 9.50 Å². The average molecular weight is 470 g/mol. The minimum absolute atomic E-state index is 0.153. The lowest BCUT2D eigenvalue weighted by Gasteiger charge is -2.28. The molecule has 0 radical (unpaired) electrons. The molecule has 3 nitrogen and oxygen atoms in total. The molecular formula is C28H33ClFNO2. The van der Waals surface area contributed by atoms with E-state index in [-0.39, 0.29) is 18.5 Å². The highest BCUT2D eigenvalue weighted by Gasteiger charge is 2.21. The predicted molar refractivity (Wildman–Crippen MR) is 134 cm³/mol. The molecule has 0 saturated carbocycles. The largest absolute Gasteiger partial charge is 0.389 e. The van der Waals surface area contributed by atoms with Crippen LogP contribution in [0, 0.1) is 12.7 Å². The summed E-state index contributed by atoms with van der Waals surface area (Å²) >= 11 is 5.84. The maximum atomic E-state index is 14.1. The third-order valence-corrected chi connectivity index (χ3v) is 6.05. The van der Waals surface area contributed by atoms with Crippen LogP contribution in [0.3, 0.4) is 0 Å². The number of β-amino-alcohol motifs (C(OH)–C–C–N with tert-alkyl or cyclic N) is 1. The van der Waals surface area contributed by atoms with E-state index in [2.05, 4.69) is 36.5 Å². The van der Waals surface area contributed by atoms with Crippen LogP contribution < -0.4 is 5.32 Å². The van der Waals surface area contributed by atoms with E-state index < -0.39 is 11.6 Å². The second-order valence-electron chi connectivity index (χ2n) is 9.25. The summed E-state index contributed by atoms with van der Waals surface area (Å²) < 4.78 is 20.1. The standard InChI is InChI=1S/C28H33ClFNO2/c1-19-8-5-6-11-26(19)22-10-7-9-21(14-22)20(2)33-18-25(32)17-31-28(3,4)16-23-12-13-24(29)15-27(23)30/h5-15,20,25,31-32H,16-18H2,1-4H3/t20?,25-/m1/s1. The number of aliphatic hydroxyl groups is 1. The van der Waals surface area contributed by atoms with E-state index in [4.69, 9.17) is 16.3 Å². The van der Waals surface area contributed by atoms with Crippen LogP contribution >= 0.6 is 11.6 Å². The van der Waals surface area contributed by atoms with Crippen molar-refractivity contribution in [1.29, 1.82) is 0 Å². The summed E-state index contributed by atoms with van der Waals surface area (Å²) in [6.07, 6.45) is -0.354. The summed E-state index contributed by atoms with van der Waals surface area (Å²) in [5, 5.41) is 14.2. The maximum Gasteiger partial charge on any atom is 0.127 e. The SMILES string of the molecule is Cc1ccccc1-c1cccc(C(C)OC[C@H](O)CNC(C)(C)Cc2ccc(Cl)cc2F)c1. The van der Waals surface area contributed by atoms with Crippen molar-refractivity contribution in [2.45, 2.75) is 51.9 Å². The highest BCUT2D eigenvalue weighted by Crippen LogP contribution is 2.27. The van der Waals surface area contributed by atoms with Crippen molar-refractivity contribution in [2.24, 2.45) is 0 Å². The van der Waals surface area contributed by atoms with Crippen LogP contribution in [0.15, 0.2) is 66.7 Å². The van der Waals surface area contributed by atoms with Gasteiger partial charge in [0.25, 0.3) is 0 Å². The number of benzene rings is 3. The number of nitrogens with one attached hydrogen (secondary N) is 1. The summed E-state index contributed by atoms with van der Waals surface area (Å²) in [6, 6.07) is 21.3. The van der Waals surface area contributed by atoms with Gasteiger partial charge < -0.3 is 15.2 Å². The Kier molecular flexibility index (Phi) is 8.66. The fraction of sp³-hybridized carbons (Fsp3) is 0.357. The van der Waals surface area contributed by atoms with Gasteiger partial charge in [0.05, 0.1) is 18.8 Å². The Hall–Kier alpha value is -2.24. The minimum Gasteiger partial charge on any atom is -0.389 e. The number of halogens is 2. The van der Waals surface area contributed by atoms with Gasteiger partial charge in [0.2, 0.25) is 0 Å². The van der Waals surface area contributed by atoms with Gasteiger partial charge in [0.1, 0.15) is 5.82 Å². The summed E-state index contributed by atoms with van der Waals surface area (Å²) in [5.74, 6) is -0.317. The molecule has 0 bridgehead atoms. The third-order valence-electron chi connectivity index (χ3n) is 5.81. The van der Waals surface area contributed by atoms with E-state index in [1.54, 1.807) is 12.1 Å². The number of rotatable bonds is 10. The Balaban J connectivity index is 1.52. The van der Waals surface area contributed by atoms with Gasteiger partial charge in [-0.15, -0.1) is 0 Å². The predicted octanol–water partition coefficient (Wildman–Crippen LogP) is 6.50. The zero-order valence-corrected chi connectivity index (χ0v) is 20.5. The van der Waals surface area contributed by atoms with Crippen LogP contribution in [0.5, 0.6) is 0 Å². The normalized spacial score (nSPS) is 13.7. The monoisotopic (exact) mass is 469 g/mol. The van der Waals surface area contributed by atoms with Crippen molar-refractivity contribution in [3.63, 3.8) is 0 Å². The Morgan fingerprint density at radius 3 is 2.55 bits per heavy atom. The van der Waals surface area contributed by atoms with Crippen molar-refractivity contribution >= 4 is 11.6 Å². The molecule has 5 heteroatoms. The summed E-state index contributed by atoms with van der Waals surface area (Å²) in [6.45, 7) is 8.60. The Bertz CT molecular complexity index is 1070. The van der Waals surface area contributed by atoms with Crippen LogP contribution in [0.2, 0.25) is 5.02 Å². The van der Waals surface area contributed by atoms with Gasteiger partial charge in [0, 0.05) is 17.1 Å². The molecule has 33 heavy (non-hydrogen) atoms. The molecule has 3 rings (SSSR count). The first-order valence-electron chi connectivity index (χ1n) is 11.3. The van der Waals surface area contributed by atoms with Gasteiger partial charge in [-0.25, -0.2) is 4.39 Å². The number of ether oxygens (including phenoxy) is 1. The van der Waals surface area contributed by atoms with Crippen molar-refractivity contribution in [2.75, 3.05) is 13.2 Å². The molecule has 0 aliphatic rings. The second kappa shape index (κ2) is 11.3. The lowest BCUT2D eigenvalue weighted by Crippen LogP contribution is -2.46. The van der Waals surface area contributed by atoms with Crippen LogP contribution in [0.25, 0.3) is 11.1 Å². The molecule has 3 aromatic carbocycles. The minimum atomic E-state index is -0.679. The molecular weight excluding hydrogens is 437 g/mol. The molecule has 0 heterocycles. The Labute approximate surface area is 201 Å².